The van der Waals surface area contributed by atoms with E-state index >= 15 is 0 Å². The molecule has 0 radical (unpaired) electrons. The number of aromatic hydroxyl groups is 1. The number of aliphatic imine (C=N–C) groups is 1. The van der Waals surface area contributed by atoms with Gasteiger partial charge in [-0.25, -0.2) is 0 Å². The summed E-state index contributed by atoms with van der Waals surface area (Å²) in [5, 5.41) is 11.8. The first-order chi connectivity index (χ1) is 14.7. The number of ether oxygens (including phenoxy) is 2. The summed E-state index contributed by atoms with van der Waals surface area (Å²) in [6.45, 7) is 4.95. The van der Waals surface area contributed by atoms with E-state index in [2.05, 4.69) is 19.2 Å². The summed E-state index contributed by atoms with van der Waals surface area (Å²) >= 11 is 0.0480. The number of H-pyrrole nitrogens is 1. The second kappa shape index (κ2) is 9.47. The Hall–Kier alpha value is -2.61. The average molecular weight is 516 g/mol. The molecule has 3 aromatic rings. The van der Waals surface area contributed by atoms with E-state index in [0.29, 0.717) is 30.3 Å². The molecule has 2 N–H and O–H groups in total. The minimum Gasteiger partial charge on any atom is -0.494 e. The highest BCUT2D eigenvalue weighted by Gasteiger charge is 2.22. The standard InChI is InChI=1S/C24H25IN2O3/c1-3-29-20-14-18-19(15-21(20)30-4-2)27-24(28)22(18)23(16-8-6-5-7-9-16)26-17-10-12-25-13-11-17/h5-10,12-15,17,27-28H,3-4,11H2,1-2H3. The lowest BCUT2D eigenvalue weighted by atomic mass is 10.00. The third kappa shape index (κ3) is 4.28. The van der Waals surface area contributed by atoms with E-state index in [9.17, 15) is 5.11 Å². The lowest BCUT2D eigenvalue weighted by Crippen LogP contribution is -2.11. The van der Waals surface area contributed by atoms with Gasteiger partial charge in [-0.15, -0.1) is 0 Å². The maximum Gasteiger partial charge on any atom is 0.199 e. The van der Waals surface area contributed by atoms with Gasteiger partial charge < -0.3 is 19.6 Å². The van der Waals surface area contributed by atoms with E-state index in [0.717, 1.165) is 28.6 Å². The number of fused-ring (bicyclic) bond motifs is 1. The Bertz CT molecular complexity index is 1120. The number of hydrogen-bond donors (Lipinski definition) is 2. The average Bonchev–Trinajstić information content (AvgIpc) is 3.08. The van der Waals surface area contributed by atoms with Crippen LogP contribution in [-0.2, 0) is 0 Å². The van der Waals surface area contributed by atoms with Crippen LogP contribution < -0.4 is 9.47 Å². The number of benzene rings is 2. The first-order valence-corrected chi connectivity index (χ1v) is 12.6. The minimum atomic E-state index is 0.0480. The predicted octanol–water partition coefficient (Wildman–Crippen LogP) is 5.57. The summed E-state index contributed by atoms with van der Waals surface area (Å²) < 4.78 is 16.2. The molecule has 1 aliphatic rings. The molecule has 1 atom stereocenters. The van der Waals surface area contributed by atoms with Crippen molar-refractivity contribution in [2.45, 2.75) is 26.3 Å². The molecule has 0 bridgehead atoms. The van der Waals surface area contributed by atoms with Crippen molar-refractivity contribution in [2.24, 2.45) is 4.99 Å². The fraction of sp³-hybridized carbons (Fsp3) is 0.250. The van der Waals surface area contributed by atoms with Gasteiger partial charge in [-0.2, -0.15) is 0 Å². The van der Waals surface area contributed by atoms with E-state index in [1.807, 2.05) is 56.3 Å². The van der Waals surface area contributed by atoms with Crippen LogP contribution in [0.3, 0.4) is 0 Å². The largest absolute Gasteiger partial charge is 0.494 e. The van der Waals surface area contributed by atoms with Crippen LogP contribution in [0.2, 0.25) is 0 Å². The Morgan fingerprint density at radius 2 is 1.87 bits per heavy atom. The number of aromatic amines is 1. The van der Waals surface area contributed by atoms with Crippen molar-refractivity contribution in [2.75, 3.05) is 13.2 Å². The highest BCUT2D eigenvalue weighted by molar-refractivity contribution is 14.2. The SMILES string of the molecule is CCOc1cc2[nH]c(O)c(C(=NC3C=CI=CC3)c3ccccc3)c2cc1OCC. The number of nitrogens with one attached hydrogen (secondary N) is 1. The van der Waals surface area contributed by atoms with E-state index in [1.165, 1.54) is 0 Å². The molecule has 0 amide bonds. The monoisotopic (exact) mass is 516 g/mol. The summed E-state index contributed by atoms with van der Waals surface area (Å²) in [5.74, 6) is 1.42. The number of rotatable bonds is 7. The van der Waals surface area contributed by atoms with Crippen LogP contribution in [0, 0.1) is 0 Å². The van der Waals surface area contributed by atoms with Crippen molar-refractivity contribution >= 4 is 41.4 Å². The van der Waals surface area contributed by atoms with Crippen LogP contribution >= 0.6 is 20.7 Å². The normalized spacial score (nSPS) is 16.5. The van der Waals surface area contributed by atoms with Gasteiger partial charge >= 0.3 is 0 Å². The van der Waals surface area contributed by atoms with Crippen molar-refractivity contribution in [3.63, 3.8) is 0 Å². The highest BCUT2D eigenvalue weighted by Crippen LogP contribution is 2.38. The van der Waals surface area contributed by atoms with Crippen LogP contribution in [0.5, 0.6) is 17.4 Å². The summed E-state index contributed by atoms with van der Waals surface area (Å²) in [5.41, 5.74) is 3.21. The molecule has 6 heteroatoms. The number of halogens is 1. The third-order valence-electron chi connectivity index (χ3n) is 4.81. The van der Waals surface area contributed by atoms with Crippen molar-refractivity contribution < 1.29 is 14.6 Å². The molecule has 1 aliphatic heterocycles. The summed E-state index contributed by atoms with van der Waals surface area (Å²) in [6.07, 6.45) is 3.11. The van der Waals surface area contributed by atoms with Crippen LogP contribution in [0.1, 0.15) is 31.4 Å². The summed E-state index contributed by atoms with van der Waals surface area (Å²) in [7, 11) is 0. The molecule has 5 nitrogen and oxygen atoms in total. The zero-order valence-corrected chi connectivity index (χ0v) is 19.2. The molecule has 0 spiro atoms. The van der Waals surface area contributed by atoms with Gasteiger partial charge in [0.25, 0.3) is 0 Å². The van der Waals surface area contributed by atoms with Gasteiger partial charge in [0, 0.05) is 17.0 Å². The second-order valence-electron chi connectivity index (χ2n) is 6.80. The molecule has 30 heavy (non-hydrogen) atoms. The Labute approximate surface area is 186 Å². The zero-order valence-electron chi connectivity index (χ0n) is 17.1. The van der Waals surface area contributed by atoms with Gasteiger partial charge in [0.15, 0.2) is 17.4 Å². The van der Waals surface area contributed by atoms with Crippen molar-refractivity contribution in [3.05, 3.63) is 63.8 Å². The summed E-state index contributed by atoms with van der Waals surface area (Å²) in [6, 6.07) is 13.9. The second-order valence-corrected chi connectivity index (χ2v) is 9.12. The molecule has 156 valence electrons. The van der Waals surface area contributed by atoms with Crippen LogP contribution in [0.25, 0.3) is 10.9 Å². The Morgan fingerprint density at radius 3 is 2.53 bits per heavy atom. The topological polar surface area (TPSA) is 66.8 Å². The van der Waals surface area contributed by atoms with E-state index in [-0.39, 0.29) is 32.7 Å². The first-order valence-electron chi connectivity index (χ1n) is 10.1. The molecule has 0 saturated heterocycles. The van der Waals surface area contributed by atoms with E-state index in [4.69, 9.17) is 14.5 Å². The maximum absolute atomic E-state index is 10.9. The molecular formula is C24H25IN2O3. The highest BCUT2D eigenvalue weighted by atomic mass is 127. The molecule has 1 aromatic heterocycles. The Morgan fingerprint density at radius 1 is 1.13 bits per heavy atom. The fourth-order valence-electron chi connectivity index (χ4n) is 3.50. The smallest absolute Gasteiger partial charge is 0.199 e. The number of aromatic nitrogens is 1. The van der Waals surface area contributed by atoms with E-state index in [1.54, 1.807) is 0 Å². The van der Waals surface area contributed by atoms with Gasteiger partial charge in [-0.05, 0) is 34.4 Å². The summed E-state index contributed by atoms with van der Waals surface area (Å²) in [4.78, 5) is 8.16. The van der Waals surface area contributed by atoms with Gasteiger partial charge in [0.1, 0.15) is 0 Å². The molecule has 0 aliphatic carbocycles. The molecule has 2 aromatic carbocycles. The van der Waals surface area contributed by atoms with Crippen LogP contribution in [-0.4, -0.2) is 39.1 Å². The number of nitrogens with zero attached hydrogens (tertiary/aromatic N) is 1. The molecule has 1 unspecified atom stereocenters. The van der Waals surface area contributed by atoms with Crippen molar-refractivity contribution in [3.8, 4) is 17.4 Å². The minimum absolute atomic E-state index is 0.0480. The number of hydrogen-bond acceptors (Lipinski definition) is 4. The molecule has 4 rings (SSSR count). The van der Waals surface area contributed by atoms with Gasteiger partial charge in [-0.1, -0.05) is 57.1 Å². The lowest BCUT2D eigenvalue weighted by molar-refractivity contribution is 0.288. The third-order valence-corrected chi connectivity index (χ3v) is 6.66. The van der Waals surface area contributed by atoms with Crippen LogP contribution in [0.4, 0.5) is 0 Å². The molecule has 2 heterocycles. The van der Waals surface area contributed by atoms with Crippen molar-refractivity contribution in [1.82, 2.24) is 4.98 Å². The lowest BCUT2D eigenvalue weighted by Gasteiger charge is -2.14. The quantitative estimate of drug-likeness (QED) is 0.319. The Balaban J connectivity index is 1.91. The van der Waals surface area contributed by atoms with Crippen LogP contribution in [0.15, 0.2) is 57.6 Å². The van der Waals surface area contributed by atoms with Gasteiger partial charge in [0.2, 0.25) is 0 Å². The molecule has 0 saturated carbocycles. The first kappa shape index (κ1) is 20.7. The van der Waals surface area contributed by atoms with Gasteiger partial charge in [0.05, 0.1) is 36.0 Å². The zero-order chi connectivity index (χ0) is 20.9. The predicted molar refractivity (Wildman–Crippen MR) is 132 cm³/mol. The van der Waals surface area contributed by atoms with Crippen molar-refractivity contribution in [1.29, 1.82) is 0 Å². The fourth-order valence-corrected chi connectivity index (χ4v) is 5.33. The Kier molecular flexibility index (Phi) is 6.52. The van der Waals surface area contributed by atoms with E-state index < -0.39 is 0 Å². The maximum atomic E-state index is 10.9. The van der Waals surface area contributed by atoms with Gasteiger partial charge in [-0.3, -0.25) is 4.99 Å². The molecule has 0 fully saturated rings. The molecular weight excluding hydrogens is 491 g/mol.